The summed E-state index contributed by atoms with van der Waals surface area (Å²) in [4.78, 5) is 11.7. The number of rotatable bonds is 3. The summed E-state index contributed by atoms with van der Waals surface area (Å²) < 4.78 is 19.4. The minimum absolute atomic E-state index is 0.0829. The van der Waals surface area contributed by atoms with Gasteiger partial charge in [-0.3, -0.25) is 4.79 Å². The molecule has 0 spiro atoms. The fourth-order valence-electron chi connectivity index (χ4n) is 2.41. The summed E-state index contributed by atoms with van der Waals surface area (Å²) in [5, 5.41) is 0.0829. The number of hydrogen-bond donors (Lipinski definition) is 0. The van der Waals surface area contributed by atoms with Gasteiger partial charge in [-0.15, -0.1) is 0 Å². The van der Waals surface area contributed by atoms with Crippen LogP contribution in [0.4, 0.5) is 4.39 Å². The number of halogens is 2. The van der Waals surface area contributed by atoms with Crippen molar-refractivity contribution in [3.63, 3.8) is 0 Å². The van der Waals surface area contributed by atoms with Crippen LogP contribution >= 0.6 is 11.6 Å². The Labute approximate surface area is 121 Å². The summed E-state index contributed by atoms with van der Waals surface area (Å²) >= 11 is 5.73. The van der Waals surface area contributed by atoms with E-state index < -0.39 is 5.82 Å². The largest absolute Gasteiger partial charge is 0.488 e. The van der Waals surface area contributed by atoms with Crippen LogP contribution < -0.4 is 4.74 Å². The maximum absolute atomic E-state index is 13.8. The van der Waals surface area contributed by atoms with Crippen LogP contribution in [0.3, 0.4) is 0 Å². The standard InChI is InChI=1S/C16H12ClFO2/c17-13-5-1-3-10(16(13)18)9-20-15-6-2-4-11-12(15)7-8-14(11)19/h1-6H,7-9H2. The SMILES string of the molecule is O=C1CCc2c(OCc3cccc(Cl)c3F)cccc21. The van der Waals surface area contributed by atoms with Crippen molar-refractivity contribution in [2.45, 2.75) is 19.4 Å². The van der Waals surface area contributed by atoms with Crippen LogP contribution in [-0.4, -0.2) is 5.78 Å². The van der Waals surface area contributed by atoms with E-state index in [1.807, 2.05) is 0 Å². The van der Waals surface area contributed by atoms with E-state index in [4.69, 9.17) is 16.3 Å². The molecule has 0 aromatic heterocycles. The first-order valence-electron chi connectivity index (χ1n) is 6.37. The fraction of sp³-hybridized carbons (Fsp3) is 0.188. The van der Waals surface area contributed by atoms with Gasteiger partial charge < -0.3 is 4.74 Å². The molecule has 0 bridgehead atoms. The number of Topliss-reactive ketones (excluding diaryl/α,β-unsaturated/α-hetero) is 1. The zero-order valence-corrected chi connectivity index (χ0v) is 11.4. The Hall–Kier alpha value is -1.87. The summed E-state index contributed by atoms with van der Waals surface area (Å²) in [6, 6.07) is 10.2. The number of hydrogen-bond acceptors (Lipinski definition) is 2. The van der Waals surface area contributed by atoms with Crippen LogP contribution in [-0.2, 0) is 13.0 Å². The molecule has 2 aromatic carbocycles. The van der Waals surface area contributed by atoms with Gasteiger partial charge in [-0.1, -0.05) is 35.9 Å². The summed E-state index contributed by atoms with van der Waals surface area (Å²) in [5.41, 5.74) is 2.04. The molecular formula is C16H12ClFO2. The zero-order chi connectivity index (χ0) is 14.1. The minimum Gasteiger partial charge on any atom is -0.488 e. The lowest BCUT2D eigenvalue weighted by molar-refractivity contribution is 0.0994. The van der Waals surface area contributed by atoms with Crippen molar-refractivity contribution in [3.05, 3.63) is 63.9 Å². The average molecular weight is 291 g/mol. The fourth-order valence-corrected chi connectivity index (χ4v) is 2.60. The molecule has 0 saturated carbocycles. The molecule has 0 saturated heterocycles. The molecule has 102 valence electrons. The molecule has 0 N–H and O–H groups in total. The van der Waals surface area contributed by atoms with E-state index in [0.717, 1.165) is 5.56 Å². The summed E-state index contributed by atoms with van der Waals surface area (Å²) in [6.07, 6.45) is 1.20. The van der Waals surface area contributed by atoms with Crippen molar-refractivity contribution in [2.75, 3.05) is 0 Å². The maximum Gasteiger partial charge on any atom is 0.163 e. The Kier molecular flexibility index (Phi) is 3.45. The highest BCUT2D eigenvalue weighted by molar-refractivity contribution is 6.30. The molecule has 0 atom stereocenters. The van der Waals surface area contributed by atoms with E-state index in [-0.39, 0.29) is 17.4 Å². The molecule has 0 aliphatic heterocycles. The number of carbonyl (C=O) groups is 1. The average Bonchev–Trinajstić information content (AvgIpc) is 2.83. The van der Waals surface area contributed by atoms with Gasteiger partial charge in [0.1, 0.15) is 18.2 Å². The number of carbonyl (C=O) groups excluding carboxylic acids is 1. The third-order valence-electron chi connectivity index (χ3n) is 3.45. The highest BCUT2D eigenvalue weighted by Crippen LogP contribution is 2.31. The van der Waals surface area contributed by atoms with Crippen molar-refractivity contribution >= 4 is 17.4 Å². The monoisotopic (exact) mass is 290 g/mol. The summed E-state index contributed by atoms with van der Waals surface area (Å²) in [6.45, 7) is 0.0943. The third kappa shape index (κ3) is 2.29. The van der Waals surface area contributed by atoms with Gasteiger partial charge in [0.05, 0.1) is 5.02 Å². The van der Waals surface area contributed by atoms with Gasteiger partial charge in [-0.25, -0.2) is 4.39 Å². The molecule has 3 rings (SSSR count). The van der Waals surface area contributed by atoms with Gasteiger partial charge >= 0.3 is 0 Å². The lowest BCUT2D eigenvalue weighted by Crippen LogP contribution is -2.01. The van der Waals surface area contributed by atoms with E-state index in [2.05, 4.69) is 0 Å². The first kappa shape index (κ1) is 13.1. The molecular weight excluding hydrogens is 279 g/mol. The highest BCUT2D eigenvalue weighted by Gasteiger charge is 2.22. The Morgan fingerprint density at radius 1 is 1.15 bits per heavy atom. The number of ketones is 1. The minimum atomic E-state index is -0.460. The van der Waals surface area contributed by atoms with Gasteiger partial charge in [0.2, 0.25) is 0 Å². The van der Waals surface area contributed by atoms with Crippen molar-refractivity contribution < 1.29 is 13.9 Å². The van der Waals surface area contributed by atoms with E-state index in [1.54, 1.807) is 30.3 Å². The molecule has 1 aliphatic carbocycles. The number of fused-ring (bicyclic) bond motifs is 1. The molecule has 1 aliphatic rings. The maximum atomic E-state index is 13.8. The van der Waals surface area contributed by atoms with E-state index in [1.165, 1.54) is 6.07 Å². The van der Waals surface area contributed by atoms with E-state index >= 15 is 0 Å². The van der Waals surface area contributed by atoms with Crippen LogP contribution in [0, 0.1) is 5.82 Å². The number of ether oxygens (including phenoxy) is 1. The van der Waals surface area contributed by atoms with E-state index in [0.29, 0.717) is 29.7 Å². The van der Waals surface area contributed by atoms with Crippen LogP contribution in [0.5, 0.6) is 5.75 Å². The molecule has 0 fully saturated rings. The van der Waals surface area contributed by atoms with Gasteiger partial charge in [-0.05, 0) is 18.6 Å². The Morgan fingerprint density at radius 2 is 1.95 bits per heavy atom. The lowest BCUT2D eigenvalue weighted by Gasteiger charge is -2.11. The summed E-state index contributed by atoms with van der Waals surface area (Å²) in [5.74, 6) is 0.324. The van der Waals surface area contributed by atoms with E-state index in [9.17, 15) is 9.18 Å². The molecule has 20 heavy (non-hydrogen) atoms. The first-order valence-corrected chi connectivity index (χ1v) is 6.75. The van der Waals surface area contributed by atoms with Gasteiger partial charge in [0.25, 0.3) is 0 Å². The second kappa shape index (κ2) is 5.25. The zero-order valence-electron chi connectivity index (χ0n) is 10.7. The van der Waals surface area contributed by atoms with Crippen molar-refractivity contribution in [1.29, 1.82) is 0 Å². The molecule has 0 heterocycles. The molecule has 0 radical (unpaired) electrons. The second-order valence-electron chi connectivity index (χ2n) is 4.71. The first-order chi connectivity index (χ1) is 9.66. The predicted molar refractivity (Wildman–Crippen MR) is 74.8 cm³/mol. The van der Waals surface area contributed by atoms with Crippen LogP contribution in [0.25, 0.3) is 0 Å². The van der Waals surface area contributed by atoms with Crippen molar-refractivity contribution in [1.82, 2.24) is 0 Å². The van der Waals surface area contributed by atoms with Crippen molar-refractivity contribution in [2.24, 2.45) is 0 Å². The Bertz CT molecular complexity index is 682. The third-order valence-corrected chi connectivity index (χ3v) is 3.74. The topological polar surface area (TPSA) is 26.3 Å². The number of benzene rings is 2. The molecule has 4 heteroatoms. The molecule has 0 amide bonds. The van der Waals surface area contributed by atoms with Crippen molar-refractivity contribution in [3.8, 4) is 5.75 Å². The normalized spacial score (nSPS) is 13.4. The predicted octanol–water partition coefficient (Wildman–Crippen LogP) is 4.19. The Balaban J connectivity index is 1.83. The summed E-state index contributed by atoms with van der Waals surface area (Å²) in [7, 11) is 0. The van der Waals surface area contributed by atoms with Crippen LogP contribution in [0.15, 0.2) is 36.4 Å². The van der Waals surface area contributed by atoms with Gasteiger partial charge in [0, 0.05) is 23.1 Å². The molecule has 0 unspecified atom stereocenters. The van der Waals surface area contributed by atoms with Gasteiger partial charge in [-0.2, -0.15) is 0 Å². The molecule has 2 nitrogen and oxygen atoms in total. The lowest BCUT2D eigenvalue weighted by atomic mass is 10.1. The molecule has 2 aromatic rings. The van der Waals surface area contributed by atoms with Gasteiger partial charge in [0.15, 0.2) is 5.78 Å². The second-order valence-corrected chi connectivity index (χ2v) is 5.11. The Morgan fingerprint density at radius 3 is 2.80 bits per heavy atom. The highest BCUT2D eigenvalue weighted by atomic mass is 35.5. The quantitative estimate of drug-likeness (QED) is 0.847. The van der Waals surface area contributed by atoms with Crippen LogP contribution in [0.1, 0.15) is 27.9 Å². The van der Waals surface area contributed by atoms with Crippen LogP contribution in [0.2, 0.25) is 5.02 Å². The smallest absolute Gasteiger partial charge is 0.163 e.